The van der Waals surface area contributed by atoms with Gasteiger partial charge in [0, 0.05) is 18.5 Å². The van der Waals surface area contributed by atoms with Crippen LogP contribution in [0.3, 0.4) is 0 Å². The van der Waals surface area contributed by atoms with E-state index >= 15 is 0 Å². The van der Waals surface area contributed by atoms with Gasteiger partial charge in [-0.25, -0.2) is 13.6 Å². The highest BCUT2D eigenvalue weighted by Crippen LogP contribution is 2.29. The summed E-state index contributed by atoms with van der Waals surface area (Å²) in [7, 11) is 0. The van der Waals surface area contributed by atoms with Crippen LogP contribution in [0.5, 0.6) is 5.75 Å². The van der Waals surface area contributed by atoms with Gasteiger partial charge in [0.25, 0.3) is 0 Å². The van der Waals surface area contributed by atoms with Gasteiger partial charge in [-0.15, -0.1) is 0 Å². The first-order valence-corrected chi connectivity index (χ1v) is 9.39. The first-order valence-electron chi connectivity index (χ1n) is 9.39. The van der Waals surface area contributed by atoms with E-state index in [0.29, 0.717) is 6.42 Å². The molecule has 0 radical (unpaired) electrons. The Balaban J connectivity index is 1.61. The third-order valence-electron chi connectivity index (χ3n) is 3.96. The quantitative estimate of drug-likeness (QED) is 0.730. The van der Waals surface area contributed by atoms with Crippen molar-refractivity contribution in [3.05, 3.63) is 77.4 Å². The van der Waals surface area contributed by atoms with Crippen LogP contribution in [0.1, 0.15) is 31.9 Å². The number of hydrogen-bond donors (Lipinski definition) is 1. The molecule has 0 saturated heterocycles. The monoisotopic (exact) mass is 419 g/mol. The average molecular weight is 419 g/mol. The Morgan fingerprint density at radius 1 is 1.13 bits per heavy atom. The van der Waals surface area contributed by atoms with Gasteiger partial charge in [-0.1, -0.05) is 36.4 Å². The average Bonchev–Trinajstić information content (AvgIpc) is 3.11. The first-order chi connectivity index (χ1) is 14.2. The fourth-order valence-electron chi connectivity index (χ4n) is 2.65. The maximum absolute atomic E-state index is 14.7. The van der Waals surface area contributed by atoms with Crippen LogP contribution in [0.4, 0.5) is 13.6 Å². The van der Waals surface area contributed by atoms with Crippen LogP contribution in [0.15, 0.2) is 54.7 Å². The lowest BCUT2D eigenvalue weighted by molar-refractivity contribution is -0.0528. The van der Waals surface area contributed by atoms with E-state index in [2.05, 4.69) is 5.32 Å². The molecule has 1 atom stereocenters. The van der Waals surface area contributed by atoms with Gasteiger partial charge < -0.3 is 24.3 Å². The molecule has 1 unspecified atom stereocenters. The Morgan fingerprint density at radius 3 is 2.57 bits per heavy atom. The molecule has 0 saturated carbocycles. The highest BCUT2D eigenvalue weighted by Gasteiger charge is 2.25. The van der Waals surface area contributed by atoms with Crippen molar-refractivity contribution >= 4 is 6.09 Å². The topological polar surface area (TPSA) is 66.0 Å². The van der Waals surface area contributed by atoms with Crippen molar-refractivity contribution in [2.24, 2.45) is 0 Å². The third-order valence-corrected chi connectivity index (χ3v) is 3.96. The third kappa shape index (κ3) is 5.85. The van der Waals surface area contributed by atoms with Crippen LogP contribution in [0, 0.1) is 11.6 Å². The number of alkyl carbamates (subject to hydrolysis) is 1. The van der Waals surface area contributed by atoms with Crippen molar-refractivity contribution in [2.75, 3.05) is 0 Å². The SMILES string of the molecule is CC(C)(C)OC(=O)NCc1ccc(F)c(OC2=COC(Cc3ccccc3)O2)c1F. The van der Waals surface area contributed by atoms with Crippen molar-refractivity contribution in [3.63, 3.8) is 0 Å². The lowest BCUT2D eigenvalue weighted by Gasteiger charge is -2.20. The lowest BCUT2D eigenvalue weighted by atomic mass is 10.1. The molecule has 2 aromatic carbocycles. The molecular formula is C22H23F2NO5. The van der Waals surface area contributed by atoms with Crippen molar-refractivity contribution in [1.82, 2.24) is 5.32 Å². The van der Waals surface area contributed by atoms with Gasteiger partial charge >= 0.3 is 12.0 Å². The number of carbonyl (C=O) groups excluding carboxylic acids is 1. The minimum atomic E-state index is -0.956. The highest BCUT2D eigenvalue weighted by atomic mass is 19.1. The van der Waals surface area contributed by atoms with Gasteiger partial charge in [0.05, 0.1) is 0 Å². The van der Waals surface area contributed by atoms with Gasteiger partial charge in [0.15, 0.2) is 17.9 Å². The Kier molecular flexibility index (Phi) is 6.44. The largest absolute Gasteiger partial charge is 0.455 e. The maximum atomic E-state index is 14.7. The number of carbonyl (C=O) groups is 1. The molecule has 30 heavy (non-hydrogen) atoms. The van der Waals surface area contributed by atoms with Crippen molar-refractivity contribution in [2.45, 2.75) is 45.6 Å². The number of rotatable bonds is 6. The van der Waals surface area contributed by atoms with E-state index in [9.17, 15) is 13.6 Å². The van der Waals surface area contributed by atoms with Gasteiger partial charge in [-0.3, -0.25) is 0 Å². The molecule has 2 aromatic rings. The van der Waals surface area contributed by atoms with Crippen LogP contribution in [-0.4, -0.2) is 18.0 Å². The lowest BCUT2D eigenvalue weighted by Crippen LogP contribution is -2.32. The number of amides is 1. The molecule has 8 heteroatoms. The molecule has 1 N–H and O–H groups in total. The summed E-state index contributed by atoms with van der Waals surface area (Å²) in [6, 6.07) is 11.7. The Bertz CT molecular complexity index is 925. The number of halogens is 2. The molecule has 0 aliphatic carbocycles. The minimum Gasteiger partial charge on any atom is -0.455 e. The fraction of sp³-hybridized carbons (Fsp3) is 0.318. The molecule has 6 nitrogen and oxygen atoms in total. The maximum Gasteiger partial charge on any atom is 0.407 e. The summed E-state index contributed by atoms with van der Waals surface area (Å²) in [5.41, 5.74) is 0.310. The molecule has 3 rings (SSSR count). The molecule has 1 heterocycles. The van der Waals surface area contributed by atoms with Crippen LogP contribution < -0.4 is 10.1 Å². The predicted octanol–water partition coefficient (Wildman–Crippen LogP) is 4.78. The Labute approximate surface area is 173 Å². The van der Waals surface area contributed by atoms with E-state index < -0.39 is 35.4 Å². The number of hydrogen-bond acceptors (Lipinski definition) is 5. The Hall–Kier alpha value is -3.29. The smallest absolute Gasteiger partial charge is 0.407 e. The van der Waals surface area contributed by atoms with Crippen LogP contribution in [0.25, 0.3) is 0 Å². The van der Waals surface area contributed by atoms with E-state index in [-0.39, 0.29) is 18.1 Å². The summed E-state index contributed by atoms with van der Waals surface area (Å²) in [5.74, 6) is -2.67. The summed E-state index contributed by atoms with van der Waals surface area (Å²) < 4.78 is 50.1. The summed E-state index contributed by atoms with van der Waals surface area (Å²) in [6.45, 7) is 4.92. The van der Waals surface area contributed by atoms with E-state index in [0.717, 1.165) is 17.9 Å². The molecule has 0 aromatic heterocycles. The number of nitrogens with one attached hydrogen (secondary N) is 1. The molecule has 1 aliphatic heterocycles. The van der Waals surface area contributed by atoms with Crippen molar-refractivity contribution < 1.29 is 32.5 Å². The predicted molar refractivity (Wildman–Crippen MR) is 104 cm³/mol. The summed E-state index contributed by atoms with van der Waals surface area (Å²) in [5, 5.41) is 2.42. The number of benzene rings is 2. The van der Waals surface area contributed by atoms with Crippen LogP contribution >= 0.6 is 0 Å². The van der Waals surface area contributed by atoms with E-state index in [1.807, 2.05) is 30.3 Å². The molecule has 1 aliphatic rings. The highest BCUT2D eigenvalue weighted by molar-refractivity contribution is 5.67. The second kappa shape index (κ2) is 9.02. The molecule has 0 spiro atoms. The zero-order chi connectivity index (χ0) is 21.7. The van der Waals surface area contributed by atoms with Gasteiger partial charge in [0.2, 0.25) is 12.0 Å². The van der Waals surface area contributed by atoms with E-state index in [1.54, 1.807) is 20.8 Å². The fourth-order valence-corrected chi connectivity index (χ4v) is 2.65. The number of ether oxygens (including phenoxy) is 4. The summed E-state index contributed by atoms with van der Waals surface area (Å²) in [4.78, 5) is 11.8. The second-order valence-electron chi connectivity index (χ2n) is 7.62. The zero-order valence-electron chi connectivity index (χ0n) is 16.9. The van der Waals surface area contributed by atoms with Crippen molar-refractivity contribution in [3.8, 4) is 5.75 Å². The van der Waals surface area contributed by atoms with Gasteiger partial charge in [0.1, 0.15) is 5.60 Å². The second-order valence-corrected chi connectivity index (χ2v) is 7.62. The van der Waals surface area contributed by atoms with E-state index in [4.69, 9.17) is 18.9 Å². The summed E-state index contributed by atoms with van der Waals surface area (Å²) >= 11 is 0. The van der Waals surface area contributed by atoms with E-state index in [1.165, 1.54) is 6.07 Å². The molecule has 160 valence electrons. The zero-order valence-corrected chi connectivity index (χ0v) is 16.9. The molecule has 1 amide bonds. The normalized spacial score (nSPS) is 15.6. The molecule has 0 fully saturated rings. The standard InChI is InChI=1S/C22H23F2NO5/c1-22(2,3)30-21(26)25-12-15-9-10-16(23)20(19(15)24)29-18-13-27-17(28-18)11-14-7-5-4-6-8-14/h4-10,13,17H,11-12H2,1-3H3,(H,25,26). The Morgan fingerprint density at radius 2 is 1.87 bits per heavy atom. The van der Waals surface area contributed by atoms with Crippen molar-refractivity contribution in [1.29, 1.82) is 0 Å². The first kappa shape index (κ1) is 21.4. The van der Waals surface area contributed by atoms with Crippen LogP contribution in [-0.2, 0) is 27.2 Å². The summed E-state index contributed by atoms with van der Waals surface area (Å²) in [6.07, 6.45) is 0.228. The van der Waals surface area contributed by atoms with Crippen LogP contribution in [0.2, 0.25) is 0 Å². The van der Waals surface area contributed by atoms with Gasteiger partial charge in [-0.05, 0) is 32.4 Å². The molecular weight excluding hydrogens is 396 g/mol. The molecule has 0 bridgehead atoms. The van der Waals surface area contributed by atoms with Gasteiger partial charge in [-0.2, -0.15) is 0 Å². The minimum absolute atomic E-state index is 0.0256.